The van der Waals surface area contributed by atoms with Crippen molar-refractivity contribution in [1.29, 1.82) is 0 Å². The Morgan fingerprint density at radius 2 is 2.33 bits per heavy atom. The Bertz CT molecular complexity index is 614. The highest BCUT2D eigenvalue weighted by Gasteiger charge is 2.26. The maximum Gasteiger partial charge on any atom is 0.221 e. The molecular formula is C15H17N3O2S. The molecule has 1 aliphatic rings. The summed E-state index contributed by atoms with van der Waals surface area (Å²) in [7, 11) is 0. The Morgan fingerprint density at radius 3 is 3.05 bits per heavy atom. The van der Waals surface area contributed by atoms with Crippen LogP contribution < -0.4 is 5.73 Å². The number of primary amides is 1. The molecule has 110 valence electrons. The van der Waals surface area contributed by atoms with Gasteiger partial charge in [-0.1, -0.05) is 6.07 Å². The van der Waals surface area contributed by atoms with Gasteiger partial charge >= 0.3 is 0 Å². The second kappa shape index (κ2) is 6.32. The first-order chi connectivity index (χ1) is 10.2. The van der Waals surface area contributed by atoms with Gasteiger partial charge in [-0.05, 0) is 49.0 Å². The quantitative estimate of drug-likeness (QED) is 0.916. The average Bonchev–Trinajstić information content (AvgIpc) is 3.10. The molecule has 1 unspecified atom stereocenters. The van der Waals surface area contributed by atoms with Gasteiger partial charge in [0.1, 0.15) is 10.8 Å². The lowest BCUT2D eigenvalue weighted by atomic mass is 10.1. The van der Waals surface area contributed by atoms with E-state index in [1.54, 1.807) is 6.20 Å². The number of nitrogens with two attached hydrogens (primary N) is 1. The molecule has 0 aliphatic carbocycles. The van der Waals surface area contributed by atoms with Crippen LogP contribution in [0.25, 0.3) is 0 Å². The van der Waals surface area contributed by atoms with Crippen molar-refractivity contribution in [3.8, 4) is 0 Å². The van der Waals surface area contributed by atoms with E-state index in [9.17, 15) is 4.79 Å². The molecule has 6 heteroatoms. The van der Waals surface area contributed by atoms with Crippen LogP contribution in [0.2, 0.25) is 0 Å². The van der Waals surface area contributed by atoms with Gasteiger partial charge in [-0.3, -0.25) is 9.69 Å². The molecule has 2 aromatic heterocycles. The number of hydrogen-bond donors (Lipinski definition) is 1. The SMILES string of the molecule is NC(=O)C1CCN(Cc2ccc(Sc3ccccn3)o2)C1. The molecule has 2 N–H and O–H groups in total. The van der Waals surface area contributed by atoms with Crippen molar-refractivity contribution in [3.63, 3.8) is 0 Å². The van der Waals surface area contributed by atoms with E-state index in [4.69, 9.17) is 10.2 Å². The normalized spacial score (nSPS) is 19.0. The van der Waals surface area contributed by atoms with Crippen molar-refractivity contribution >= 4 is 17.7 Å². The second-order valence-electron chi connectivity index (χ2n) is 5.11. The maximum atomic E-state index is 11.2. The summed E-state index contributed by atoms with van der Waals surface area (Å²) >= 11 is 1.50. The van der Waals surface area contributed by atoms with Crippen LogP contribution in [-0.4, -0.2) is 28.9 Å². The molecule has 5 nitrogen and oxygen atoms in total. The summed E-state index contributed by atoms with van der Waals surface area (Å²) in [4.78, 5) is 17.6. The van der Waals surface area contributed by atoms with Crippen LogP contribution in [0.4, 0.5) is 0 Å². The highest BCUT2D eigenvalue weighted by atomic mass is 32.2. The summed E-state index contributed by atoms with van der Waals surface area (Å²) in [6, 6.07) is 9.72. The fourth-order valence-electron chi connectivity index (χ4n) is 2.44. The van der Waals surface area contributed by atoms with Gasteiger partial charge in [-0.15, -0.1) is 0 Å². The third-order valence-electron chi connectivity index (χ3n) is 3.53. The number of nitrogens with zero attached hydrogens (tertiary/aromatic N) is 2. The zero-order valence-corrected chi connectivity index (χ0v) is 12.4. The van der Waals surface area contributed by atoms with E-state index in [1.807, 2.05) is 30.3 Å². The summed E-state index contributed by atoms with van der Waals surface area (Å²) in [5, 5.41) is 1.74. The molecule has 1 fully saturated rings. The number of aromatic nitrogens is 1. The third-order valence-corrected chi connectivity index (χ3v) is 4.41. The van der Waals surface area contributed by atoms with Crippen molar-refractivity contribution in [3.05, 3.63) is 42.3 Å². The van der Waals surface area contributed by atoms with Crippen molar-refractivity contribution < 1.29 is 9.21 Å². The van der Waals surface area contributed by atoms with Gasteiger partial charge in [0.2, 0.25) is 5.91 Å². The molecule has 1 amide bonds. The van der Waals surface area contributed by atoms with Crippen LogP contribution in [0.3, 0.4) is 0 Å². The van der Waals surface area contributed by atoms with Crippen molar-refractivity contribution in [2.75, 3.05) is 13.1 Å². The number of likely N-dealkylation sites (tertiary alicyclic amines) is 1. The summed E-state index contributed by atoms with van der Waals surface area (Å²) in [6.45, 7) is 2.32. The molecule has 21 heavy (non-hydrogen) atoms. The van der Waals surface area contributed by atoms with E-state index in [2.05, 4.69) is 9.88 Å². The van der Waals surface area contributed by atoms with Gasteiger partial charge in [0.05, 0.1) is 12.5 Å². The van der Waals surface area contributed by atoms with E-state index >= 15 is 0 Å². The zero-order valence-electron chi connectivity index (χ0n) is 11.6. The smallest absolute Gasteiger partial charge is 0.221 e. The summed E-state index contributed by atoms with van der Waals surface area (Å²) in [5.41, 5.74) is 5.34. The lowest BCUT2D eigenvalue weighted by Crippen LogP contribution is -2.27. The zero-order chi connectivity index (χ0) is 14.7. The first kappa shape index (κ1) is 14.2. The van der Waals surface area contributed by atoms with Crippen LogP contribution in [0.5, 0.6) is 0 Å². The number of hydrogen-bond acceptors (Lipinski definition) is 5. The van der Waals surface area contributed by atoms with Gasteiger partial charge in [0.25, 0.3) is 0 Å². The Morgan fingerprint density at radius 1 is 1.43 bits per heavy atom. The van der Waals surface area contributed by atoms with Gasteiger partial charge in [-0.2, -0.15) is 0 Å². The minimum Gasteiger partial charge on any atom is -0.453 e. The molecule has 2 aromatic rings. The molecule has 0 spiro atoms. The Balaban J connectivity index is 1.57. The first-order valence-electron chi connectivity index (χ1n) is 6.90. The average molecular weight is 303 g/mol. The standard InChI is InChI=1S/C15H17N3O2S/c16-15(19)11-6-8-18(9-11)10-12-4-5-14(20-12)21-13-3-1-2-7-17-13/h1-5,7,11H,6,8-10H2,(H2,16,19). The maximum absolute atomic E-state index is 11.2. The van der Waals surface area contributed by atoms with Crippen LogP contribution in [0.15, 0.2) is 51.1 Å². The fraction of sp³-hybridized carbons (Fsp3) is 0.333. The molecule has 1 atom stereocenters. The van der Waals surface area contributed by atoms with Crippen molar-refractivity contribution in [2.45, 2.75) is 23.1 Å². The van der Waals surface area contributed by atoms with Crippen LogP contribution in [0, 0.1) is 5.92 Å². The molecule has 0 saturated carbocycles. The minimum absolute atomic E-state index is 0.0256. The van der Waals surface area contributed by atoms with Crippen LogP contribution in [-0.2, 0) is 11.3 Å². The topological polar surface area (TPSA) is 72.4 Å². The van der Waals surface area contributed by atoms with E-state index < -0.39 is 0 Å². The van der Waals surface area contributed by atoms with Crippen molar-refractivity contribution in [2.24, 2.45) is 11.7 Å². The van der Waals surface area contributed by atoms with Crippen molar-refractivity contribution in [1.82, 2.24) is 9.88 Å². The van der Waals surface area contributed by atoms with Gasteiger partial charge < -0.3 is 10.2 Å². The number of furan rings is 1. The highest BCUT2D eigenvalue weighted by Crippen LogP contribution is 2.28. The molecule has 3 heterocycles. The molecule has 0 aromatic carbocycles. The van der Waals surface area contributed by atoms with E-state index in [1.165, 1.54) is 11.8 Å². The number of carbonyl (C=O) groups is 1. The second-order valence-corrected chi connectivity index (χ2v) is 6.14. The molecule has 3 rings (SSSR count). The summed E-state index contributed by atoms with van der Waals surface area (Å²) in [6.07, 6.45) is 2.60. The Labute approximate surface area is 127 Å². The molecule has 1 saturated heterocycles. The van der Waals surface area contributed by atoms with Gasteiger partial charge in [-0.25, -0.2) is 4.98 Å². The van der Waals surface area contributed by atoms with E-state index in [-0.39, 0.29) is 11.8 Å². The predicted octanol–water partition coefficient (Wildman–Crippen LogP) is 2.13. The van der Waals surface area contributed by atoms with E-state index in [0.29, 0.717) is 6.54 Å². The molecule has 1 aliphatic heterocycles. The van der Waals surface area contributed by atoms with Crippen LogP contribution in [0.1, 0.15) is 12.2 Å². The Hall–Kier alpha value is -1.79. The summed E-state index contributed by atoms with van der Waals surface area (Å²) < 4.78 is 5.81. The number of rotatable bonds is 5. The van der Waals surface area contributed by atoms with E-state index in [0.717, 1.165) is 35.4 Å². The lowest BCUT2D eigenvalue weighted by molar-refractivity contribution is -0.121. The molecule has 0 radical (unpaired) electrons. The predicted molar refractivity (Wildman–Crippen MR) is 79.6 cm³/mol. The largest absolute Gasteiger partial charge is 0.453 e. The fourth-order valence-corrected chi connectivity index (χ4v) is 3.19. The molecular weight excluding hydrogens is 286 g/mol. The number of carbonyl (C=O) groups excluding carboxylic acids is 1. The highest BCUT2D eigenvalue weighted by molar-refractivity contribution is 7.99. The van der Waals surface area contributed by atoms with Gasteiger partial charge in [0.15, 0.2) is 5.09 Å². The van der Waals surface area contributed by atoms with Gasteiger partial charge in [0, 0.05) is 12.7 Å². The third kappa shape index (κ3) is 3.65. The van der Waals surface area contributed by atoms with Crippen LogP contribution >= 0.6 is 11.8 Å². The molecule has 0 bridgehead atoms. The monoisotopic (exact) mass is 303 g/mol. The first-order valence-corrected chi connectivity index (χ1v) is 7.71. The lowest BCUT2D eigenvalue weighted by Gasteiger charge is -2.13. The summed E-state index contributed by atoms with van der Waals surface area (Å²) in [5.74, 6) is 0.671. The minimum atomic E-state index is -0.205. The Kier molecular flexibility index (Phi) is 4.26. The number of pyridine rings is 1. The number of amides is 1.